The van der Waals surface area contributed by atoms with E-state index in [0.717, 1.165) is 36.9 Å². The van der Waals surface area contributed by atoms with E-state index in [9.17, 15) is 28.5 Å². The standard InChI is InChI=1S/C21H34N2O6S2/c1-31(28,29)23-20(27)8-5-3-2-4-7-16-17(19(26)13-18(16)25)11-10-15(24)14-22-21-9-6-12-30-21/h6,9,12,14-19,24-26H,2-5,7-8,10-11,13H2,1H3,(H,23,27)/t15?,16-,17?,18+,19-/m1/s1. The van der Waals surface area contributed by atoms with Crippen LogP contribution in [0.15, 0.2) is 22.5 Å². The number of rotatable bonds is 13. The minimum absolute atomic E-state index is 0.00929. The Bertz CT molecular complexity index is 797. The molecule has 5 atom stereocenters. The van der Waals surface area contributed by atoms with Crippen molar-refractivity contribution in [1.82, 2.24) is 4.72 Å². The van der Waals surface area contributed by atoms with Crippen molar-refractivity contribution in [3.8, 4) is 0 Å². The van der Waals surface area contributed by atoms with Crippen LogP contribution >= 0.6 is 11.3 Å². The number of nitrogens with one attached hydrogen (secondary N) is 1. The molecule has 0 radical (unpaired) electrons. The van der Waals surface area contributed by atoms with Crippen LogP contribution in [0.1, 0.15) is 57.8 Å². The van der Waals surface area contributed by atoms with E-state index in [1.54, 1.807) is 0 Å². The Balaban J connectivity index is 1.68. The van der Waals surface area contributed by atoms with Gasteiger partial charge in [0.05, 0.1) is 24.6 Å². The first-order chi connectivity index (χ1) is 14.7. The smallest absolute Gasteiger partial charge is 0.233 e. The Morgan fingerprint density at radius 3 is 2.55 bits per heavy atom. The Morgan fingerprint density at radius 1 is 1.23 bits per heavy atom. The maximum absolute atomic E-state index is 11.5. The van der Waals surface area contributed by atoms with Gasteiger partial charge in [-0.25, -0.2) is 13.4 Å². The van der Waals surface area contributed by atoms with Gasteiger partial charge in [-0.15, -0.1) is 11.3 Å². The predicted molar refractivity (Wildman–Crippen MR) is 122 cm³/mol. The molecule has 1 aliphatic rings. The molecule has 1 amide bonds. The first kappa shape index (κ1) is 25.9. The third-order valence-electron chi connectivity index (χ3n) is 5.69. The van der Waals surface area contributed by atoms with Gasteiger partial charge in [-0.3, -0.25) is 9.52 Å². The van der Waals surface area contributed by atoms with Gasteiger partial charge in [0.1, 0.15) is 5.00 Å². The highest BCUT2D eigenvalue weighted by Gasteiger charge is 2.40. The van der Waals surface area contributed by atoms with Gasteiger partial charge in [0.15, 0.2) is 0 Å². The van der Waals surface area contributed by atoms with E-state index in [1.807, 2.05) is 22.2 Å². The zero-order valence-electron chi connectivity index (χ0n) is 17.9. The number of nitrogens with zero attached hydrogens (tertiary/aromatic N) is 1. The van der Waals surface area contributed by atoms with E-state index in [0.29, 0.717) is 25.7 Å². The first-order valence-electron chi connectivity index (χ1n) is 10.8. The van der Waals surface area contributed by atoms with Gasteiger partial charge in [-0.1, -0.05) is 19.3 Å². The number of thiophene rings is 1. The molecule has 0 spiro atoms. The molecule has 0 saturated heterocycles. The third kappa shape index (κ3) is 9.78. The van der Waals surface area contributed by atoms with Gasteiger partial charge >= 0.3 is 0 Å². The maximum atomic E-state index is 11.5. The van der Waals surface area contributed by atoms with Crippen molar-refractivity contribution >= 4 is 38.5 Å². The minimum Gasteiger partial charge on any atom is -0.393 e. The molecule has 0 aromatic carbocycles. The molecule has 176 valence electrons. The summed E-state index contributed by atoms with van der Waals surface area (Å²) < 4.78 is 24.0. The fourth-order valence-corrected chi connectivity index (χ4v) is 5.29. The lowest BCUT2D eigenvalue weighted by molar-refractivity contribution is -0.119. The van der Waals surface area contributed by atoms with Gasteiger partial charge in [-0.05, 0) is 61.5 Å². The molecule has 2 rings (SSSR count). The van der Waals surface area contributed by atoms with Crippen LogP contribution in [0, 0.1) is 11.8 Å². The van der Waals surface area contributed by atoms with Gasteiger partial charge in [-0.2, -0.15) is 0 Å². The average molecular weight is 475 g/mol. The van der Waals surface area contributed by atoms with Crippen LogP contribution in [-0.4, -0.2) is 60.4 Å². The molecule has 10 heteroatoms. The van der Waals surface area contributed by atoms with Crippen LogP contribution in [0.3, 0.4) is 0 Å². The Kier molecular flexibility index (Phi) is 10.6. The van der Waals surface area contributed by atoms with Crippen LogP contribution < -0.4 is 4.72 Å². The molecule has 8 nitrogen and oxygen atoms in total. The summed E-state index contributed by atoms with van der Waals surface area (Å²) in [6.07, 6.45) is 6.22. The summed E-state index contributed by atoms with van der Waals surface area (Å²) >= 11 is 1.50. The summed E-state index contributed by atoms with van der Waals surface area (Å²) in [6, 6.07) is 3.77. The van der Waals surface area contributed by atoms with Crippen LogP contribution in [0.5, 0.6) is 0 Å². The number of sulfonamides is 1. The zero-order chi connectivity index (χ0) is 22.9. The Morgan fingerprint density at radius 2 is 1.90 bits per heavy atom. The lowest BCUT2D eigenvalue weighted by atomic mass is 9.85. The molecular formula is C21H34N2O6S2. The van der Waals surface area contributed by atoms with E-state index in [2.05, 4.69) is 4.99 Å². The molecule has 1 aromatic heterocycles. The van der Waals surface area contributed by atoms with Crippen molar-refractivity contribution in [2.24, 2.45) is 16.8 Å². The molecule has 1 aliphatic carbocycles. The van der Waals surface area contributed by atoms with Crippen molar-refractivity contribution < 1.29 is 28.5 Å². The predicted octanol–water partition coefficient (Wildman–Crippen LogP) is 2.37. The Hall–Kier alpha value is -1.33. The van der Waals surface area contributed by atoms with Crippen molar-refractivity contribution in [2.75, 3.05) is 6.26 Å². The zero-order valence-corrected chi connectivity index (χ0v) is 19.5. The Labute approximate surface area is 188 Å². The van der Waals surface area contributed by atoms with Crippen LogP contribution in [0.2, 0.25) is 0 Å². The summed E-state index contributed by atoms with van der Waals surface area (Å²) in [5, 5.41) is 33.6. The molecule has 0 bridgehead atoms. The highest BCUT2D eigenvalue weighted by Crippen LogP contribution is 2.39. The summed E-state index contributed by atoms with van der Waals surface area (Å²) in [6.45, 7) is 0. The monoisotopic (exact) mass is 474 g/mol. The summed E-state index contributed by atoms with van der Waals surface area (Å²) in [4.78, 5) is 15.7. The maximum Gasteiger partial charge on any atom is 0.233 e. The number of unbranched alkanes of at least 4 members (excludes halogenated alkanes) is 3. The van der Waals surface area contributed by atoms with Crippen molar-refractivity contribution in [2.45, 2.75) is 76.1 Å². The van der Waals surface area contributed by atoms with E-state index in [1.165, 1.54) is 17.6 Å². The number of amides is 1. The lowest BCUT2D eigenvalue weighted by Crippen LogP contribution is -2.28. The number of hydrogen-bond donors (Lipinski definition) is 4. The second-order valence-electron chi connectivity index (χ2n) is 8.32. The van der Waals surface area contributed by atoms with E-state index >= 15 is 0 Å². The molecule has 4 N–H and O–H groups in total. The molecular weight excluding hydrogens is 440 g/mol. The number of carbonyl (C=O) groups excluding carboxylic acids is 1. The molecule has 1 heterocycles. The fourth-order valence-electron chi connectivity index (χ4n) is 4.20. The van der Waals surface area contributed by atoms with Gasteiger partial charge in [0.2, 0.25) is 15.9 Å². The normalized spacial score (nSPS) is 25.2. The minimum atomic E-state index is -3.50. The third-order valence-corrected chi connectivity index (χ3v) is 7.06. The van der Waals surface area contributed by atoms with Crippen LogP contribution in [0.25, 0.3) is 0 Å². The second kappa shape index (κ2) is 12.6. The average Bonchev–Trinajstić information content (AvgIpc) is 3.27. The molecule has 2 unspecified atom stereocenters. The number of hydrogen-bond acceptors (Lipinski definition) is 8. The summed E-state index contributed by atoms with van der Waals surface area (Å²) in [5.41, 5.74) is 0. The number of aliphatic hydroxyl groups excluding tert-OH is 3. The molecule has 31 heavy (non-hydrogen) atoms. The molecule has 1 fully saturated rings. The topological polar surface area (TPSA) is 136 Å². The molecule has 1 saturated carbocycles. The van der Waals surface area contributed by atoms with Crippen LogP contribution in [-0.2, 0) is 14.8 Å². The van der Waals surface area contributed by atoms with Gasteiger partial charge in [0.25, 0.3) is 0 Å². The summed E-state index contributed by atoms with van der Waals surface area (Å²) in [7, 11) is -3.50. The van der Waals surface area contributed by atoms with Crippen molar-refractivity contribution in [3.05, 3.63) is 17.5 Å². The number of carbonyl (C=O) groups is 1. The van der Waals surface area contributed by atoms with Gasteiger partial charge < -0.3 is 15.3 Å². The highest BCUT2D eigenvalue weighted by atomic mass is 32.2. The fraction of sp³-hybridized carbons (Fsp3) is 0.714. The molecule has 1 aromatic rings. The summed E-state index contributed by atoms with van der Waals surface area (Å²) in [5.74, 6) is -0.552. The van der Waals surface area contributed by atoms with Crippen LogP contribution in [0.4, 0.5) is 5.00 Å². The largest absolute Gasteiger partial charge is 0.393 e. The number of aliphatic hydroxyl groups is 3. The van der Waals surface area contributed by atoms with E-state index < -0.39 is 34.2 Å². The van der Waals surface area contributed by atoms with E-state index in [4.69, 9.17) is 0 Å². The van der Waals surface area contributed by atoms with Crippen molar-refractivity contribution in [1.29, 1.82) is 0 Å². The van der Waals surface area contributed by atoms with Gasteiger partial charge in [0, 0.05) is 12.6 Å². The first-order valence-corrected chi connectivity index (χ1v) is 13.6. The SMILES string of the molecule is CS(=O)(=O)NC(=O)CCCCCC[C@@H]1C(CCC(O)C=Nc2cccs2)[C@H](O)C[C@@H]1O. The number of aliphatic imine (C=N–C) groups is 1. The molecule has 0 aliphatic heterocycles. The quantitative estimate of drug-likeness (QED) is 0.256. The lowest BCUT2D eigenvalue weighted by Gasteiger charge is -2.24. The van der Waals surface area contributed by atoms with E-state index in [-0.39, 0.29) is 18.3 Å². The van der Waals surface area contributed by atoms with Crippen molar-refractivity contribution in [3.63, 3.8) is 0 Å². The second-order valence-corrected chi connectivity index (χ2v) is 11.0. The highest BCUT2D eigenvalue weighted by molar-refractivity contribution is 7.89.